The van der Waals surface area contributed by atoms with E-state index in [2.05, 4.69) is 0 Å². The monoisotopic (exact) mass is 445 g/mol. The topological polar surface area (TPSA) is 68.3 Å². The fourth-order valence-corrected chi connectivity index (χ4v) is 4.64. The lowest BCUT2D eigenvalue weighted by molar-refractivity contribution is -0.129. The molecule has 0 spiro atoms. The van der Waals surface area contributed by atoms with Crippen molar-refractivity contribution in [1.29, 1.82) is 0 Å². The molecule has 7 heteroatoms. The van der Waals surface area contributed by atoms with Gasteiger partial charge in [0.2, 0.25) is 5.91 Å². The summed E-state index contributed by atoms with van der Waals surface area (Å²) in [5.74, 6) is 0.959. The Bertz CT molecular complexity index is 1280. The molecule has 1 amide bonds. The van der Waals surface area contributed by atoms with Gasteiger partial charge in [0, 0.05) is 12.6 Å². The van der Waals surface area contributed by atoms with Crippen LogP contribution in [0.3, 0.4) is 0 Å². The third kappa shape index (κ3) is 4.48. The van der Waals surface area contributed by atoms with E-state index in [4.69, 9.17) is 9.40 Å². The average Bonchev–Trinajstić information content (AvgIpc) is 3.53. The molecule has 2 aromatic carbocycles. The van der Waals surface area contributed by atoms with Gasteiger partial charge in [0.05, 0.1) is 29.5 Å². The number of carbonyl (C=O) groups is 1. The smallest absolute Gasteiger partial charge is 0.262 e. The Hall–Kier alpha value is -3.32. The third-order valence-electron chi connectivity index (χ3n) is 5.55. The SMILES string of the molecule is O=C(CSc1nc2ccccc2c(=O)n1Cc1ccco1)N(Cc1ccccc1)C1CC1. The summed E-state index contributed by atoms with van der Waals surface area (Å²) in [6.45, 7) is 0.881. The number of benzene rings is 2. The van der Waals surface area contributed by atoms with Crippen molar-refractivity contribution in [3.05, 3.63) is 94.7 Å². The molecule has 162 valence electrons. The van der Waals surface area contributed by atoms with Gasteiger partial charge < -0.3 is 9.32 Å². The molecule has 6 nitrogen and oxygen atoms in total. The number of hydrogen-bond donors (Lipinski definition) is 0. The van der Waals surface area contributed by atoms with E-state index in [1.54, 1.807) is 23.0 Å². The molecule has 1 aliphatic rings. The van der Waals surface area contributed by atoms with Crippen LogP contribution in [0, 0.1) is 0 Å². The van der Waals surface area contributed by atoms with E-state index in [9.17, 15) is 9.59 Å². The predicted octanol–water partition coefficient (Wildman–Crippen LogP) is 4.32. The van der Waals surface area contributed by atoms with Crippen LogP contribution in [0.5, 0.6) is 0 Å². The molecule has 4 aromatic rings. The Balaban J connectivity index is 1.40. The second kappa shape index (κ2) is 9.04. The Morgan fingerprint density at radius 1 is 1.06 bits per heavy atom. The molecule has 0 radical (unpaired) electrons. The lowest BCUT2D eigenvalue weighted by Crippen LogP contribution is -2.34. The van der Waals surface area contributed by atoms with Gasteiger partial charge in [0.15, 0.2) is 5.16 Å². The van der Waals surface area contributed by atoms with Crippen molar-refractivity contribution in [2.45, 2.75) is 37.1 Å². The quantitative estimate of drug-likeness (QED) is 0.298. The summed E-state index contributed by atoms with van der Waals surface area (Å²) < 4.78 is 7.05. The first-order chi connectivity index (χ1) is 15.7. The molecule has 0 saturated heterocycles. The largest absolute Gasteiger partial charge is 0.467 e. The Labute approximate surface area is 189 Å². The first kappa shape index (κ1) is 20.6. The number of carbonyl (C=O) groups excluding carboxylic acids is 1. The summed E-state index contributed by atoms with van der Waals surface area (Å²) in [5, 5.41) is 1.08. The number of nitrogens with zero attached hydrogens (tertiary/aromatic N) is 3. The second-order valence-electron chi connectivity index (χ2n) is 7.91. The van der Waals surface area contributed by atoms with Crippen LogP contribution < -0.4 is 5.56 Å². The van der Waals surface area contributed by atoms with Crippen LogP contribution in [-0.2, 0) is 17.9 Å². The number of hydrogen-bond acceptors (Lipinski definition) is 5. The zero-order valence-electron chi connectivity index (χ0n) is 17.5. The Morgan fingerprint density at radius 2 is 1.84 bits per heavy atom. The normalized spacial score (nSPS) is 13.4. The predicted molar refractivity (Wildman–Crippen MR) is 125 cm³/mol. The van der Waals surface area contributed by atoms with Gasteiger partial charge >= 0.3 is 0 Å². The van der Waals surface area contributed by atoms with E-state index in [1.165, 1.54) is 11.8 Å². The number of para-hydroxylation sites is 1. The van der Waals surface area contributed by atoms with E-state index in [0.29, 0.717) is 34.4 Å². The van der Waals surface area contributed by atoms with E-state index in [0.717, 1.165) is 18.4 Å². The molecule has 1 aliphatic carbocycles. The van der Waals surface area contributed by atoms with Crippen LogP contribution >= 0.6 is 11.8 Å². The minimum atomic E-state index is -0.134. The summed E-state index contributed by atoms with van der Waals surface area (Å²) in [5.41, 5.74) is 1.62. The highest BCUT2D eigenvalue weighted by atomic mass is 32.2. The Kier molecular flexibility index (Phi) is 5.81. The van der Waals surface area contributed by atoms with Crippen molar-refractivity contribution in [3.63, 3.8) is 0 Å². The van der Waals surface area contributed by atoms with Crippen LogP contribution in [0.4, 0.5) is 0 Å². The minimum Gasteiger partial charge on any atom is -0.467 e. The molecule has 0 unspecified atom stereocenters. The Morgan fingerprint density at radius 3 is 2.59 bits per heavy atom. The number of amides is 1. The highest BCUT2D eigenvalue weighted by Gasteiger charge is 2.32. The van der Waals surface area contributed by atoms with Crippen molar-refractivity contribution in [3.8, 4) is 0 Å². The minimum absolute atomic E-state index is 0.0632. The van der Waals surface area contributed by atoms with E-state index < -0.39 is 0 Å². The van der Waals surface area contributed by atoms with Crippen molar-refractivity contribution < 1.29 is 9.21 Å². The van der Waals surface area contributed by atoms with Crippen molar-refractivity contribution in [2.75, 3.05) is 5.75 Å². The molecule has 2 aromatic heterocycles. The summed E-state index contributed by atoms with van der Waals surface area (Å²) in [4.78, 5) is 33.0. The zero-order valence-corrected chi connectivity index (χ0v) is 18.3. The van der Waals surface area contributed by atoms with Gasteiger partial charge in [0.1, 0.15) is 5.76 Å². The maximum atomic E-state index is 13.2. The lowest BCUT2D eigenvalue weighted by Gasteiger charge is -2.22. The van der Waals surface area contributed by atoms with Crippen LogP contribution in [0.25, 0.3) is 10.9 Å². The number of thioether (sulfide) groups is 1. The van der Waals surface area contributed by atoms with Gasteiger partial charge in [-0.25, -0.2) is 4.98 Å². The van der Waals surface area contributed by atoms with Gasteiger partial charge in [-0.15, -0.1) is 0 Å². The molecule has 1 saturated carbocycles. The van der Waals surface area contributed by atoms with Crippen LogP contribution in [0.1, 0.15) is 24.2 Å². The molecule has 32 heavy (non-hydrogen) atoms. The maximum absolute atomic E-state index is 13.2. The van der Waals surface area contributed by atoms with Gasteiger partial charge in [-0.2, -0.15) is 0 Å². The van der Waals surface area contributed by atoms with E-state index in [1.807, 2.05) is 59.5 Å². The molecule has 2 heterocycles. The molecular formula is C25H23N3O3S. The molecule has 5 rings (SSSR count). The standard InChI is InChI=1S/C25H23N3O3S/c29-23(27(19-12-13-19)15-18-7-2-1-3-8-18)17-32-25-26-22-11-5-4-10-21(22)24(30)28(25)16-20-9-6-14-31-20/h1-11,14,19H,12-13,15-17H2. The highest BCUT2D eigenvalue weighted by Crippen LogP contribution is 2.30. The number of rotatable bonds is 8. The molecule has 0 atom stereocenters. The van der Waals surface area contributed by atoms with Gasteiger partial charge in [0.25, 0.3) is 5.56 Å². The van der Waals surface area contributed by atoms with Crippen LogP contribution in [-0.4, -0.2) is 32.2 Å². The molecule has 0 bridgehead atoms. The first-order valence-electron chi connectivity index (χ1n) is 10.7. The van der Waals surface area contributed by atoms with Gasteiger partial charge in [-0.05, 0) is 42.7 Å². The van der Waals surface area contributed by atoms with Crippen molar-refractivity contribution in [2.24, 2.45) is 0 Å². The fourth-order valence-electron chi connectivity index (χ4n) is 3.75. The van der Waals surface area contributed by atoms with Crippen molar-refractivity contribution in [1.82, 2.24) is 14.5 Å². The van der Waals surface area contributed by atoms with E-state index >= 15 is 0 Å². The maximum Gasteiger partial charge on any atom is 0.262 e. The lowest BCUT2D eigenvalue weighted by atomic mass is 10.2. The second-order valence-corrected chi connectivity index (χ2v) is 8.85. The average molecular weight is 446 g/mol. The summed E-state index contributed by atoms with van der Waals surface area (Å²) >= 11 is 1.31. The molecular weight excluding hydrogens is 422 g/mol. The zero-order chi connectivity index (χ0) is 21.9. The van der Waals surface area contributed by atoms with Crippen LogP contribution in [0.2, 0.25) is 0 Å². The third-order valence-corrected chi connectivity index (χ3v) is 6.51. The van der Waals surface area contributed by atoms with Gasteiger partial charge in [-0.3, -0.25) is 14.2 Å². The summed E-state index contributed by atoms with van der Waals surface area (Å²) in [7, 11) is 0. The number of furan rings is 1. The molecule has 0 N–H and O–H groups in total. The summed E-state index contributed by atoms with van der Waals surface area (Å²) in [6, 6.07) is 21.3. The number of aromatic nitrogens is 2. The first-order valence-corrected chi connectivity index (χ1v) is 11.7. The van der Waals surface area contributed by atoms with Gasteiger partial charge in [-0.1, -0.05) is 54.2 Å². The van der Waals surface area contributed by atoms with Crippen LogP contribution in [0.15, 0.2) is 87.4 Å². The summed E-state index contributed by atoms with van der Waals surface area (Å²) in [6.07, 6.45) is 3.67. The molecule has 0 aliphatic heterocycles. The van der Waals surface area contributed by atoms with Crippen molar-refractivity contribution >= 4 is 28.6 Å². The van der Waals surface area contributed by atoms with E-state index in [-0.39, 0.29) is 23.8 Å². The number of fused-ring (bicyclic) bond motifs is 1. The highest BCUT2D eigenvalue weighted by molar-refractivity contribution is 7.99. The fraction of sp³-hybridized carbons (Fsp3) is 0.240. The molecule has 1 fully saturated rings.